The van der Waals surface area contributed by atoms with Crippen molar-refractivity contribution in [3.63, 3.8) is 0 Å². The van der Waals surface area contributed by atoms with Crippen molar-refractivity contribution < 1.29 is 18.7 Å². The van der Waals surface area contributed by atoms with Gasteiger partial charge in [0.15, 0.2) is 0 Å². The number of methoxy groups -OCH3 is 1. The zero-order valence-corrected chi connectivity index (χ0v) is 20.0. The molecule has 7 heteroatoms. The Kier molecular flexibility index (Phi) is 9.05. The summed E-state index contributed by atoms with van der Waals surface area (Å²) in [6, 6.07) is 19.9. The summed E-state index contributed by atoms with van der Waals surface area (Å²) in [5, 5.41) is 3.51. The first-order valence-corrected chi connectivity index (χ1v) is 11.4. The molecule has 0 aliphatic carbocycles. The molecule has 0 spiro atoms. The van der Waals surface area contributed by atoms with Crippen LogP contribution in [0, 0.1) is 5.82 Å². The first-order chi connectivity index (χ1) is 16.4. The molecule has 0 unspecified atom stereocenters. The fraction of sp³-hybridized carbons (Fsp3) is 0.259. The molecule has 1 atom stereocenters. The fourth-order valence-electron chi connectivity index (χ4n) is 3.52. The number of carbonyl (C=O) groups excluding carboxylic acids is 2. The third-order valence-electron chi connectivity index (χ3n) is 5.57. The Hall–Kier alpha value is -3.38. The largest absolute Gasteiger partial charge is 0.497 e. The van der Waals surface area contributed by atoms with Gasteiger partial charge in [0.25, 0.3) is 0 Å². The lowest BCUT2D eigenvalue weighted by atomic mass is 10.1. The first kappa shape index (κ1) is 25.2. The molecule has 3 rings (SSSR count). The molecule has 3 aromatic rings. The number of ether oxygens (including phenoxy) is 1. The van der Waals surface area contributed by atoms with E-state index in [1.807, 2.05) is 24.3 Å². The summed E-state index contributed by atoms with van der Waals surface area (Å²) in [7, 11) is 1.61. The first-order valence-electron chi connectivity index (χ1n) is 11.0. The molecule has 34 heavy (non-hydrogen) atoms. The van der Waals surface area contributed by atoms with E-state index in [-0.39, 0.29) is 30.6 Å². The zero-order valence-electron chi connectivity index (χ0n) is 19.3. The second-order valence-electron chi connectivity index (χ2n) is 8.02. The predicted octanol–water partition coefficient (Wildman–Crippen LogP) is 4.81. The molecule has 3 aromatic carbocycles. The number of nitrogens with zero attached hydrogens (tertiary/aromatic N) is 1. The molecule has 0 heterocycles. The summed E-state index contributed by atoms with van der Waals surface area (Å²) in [6.07, 6.45) is 0.779. The van der Waals surface area contributed by atoms with Crippen LogP contribution in [0.15, 0.2) is 72.8 Å². The lowest BCUT2D eigenvalue weighted by Gasteiger charge is -2.29. The molecule has 0 aromatic heterocycles. The summed E-state index contributed by atoms with van der Waals surface area (Å²) in [5.74, 6) is -0.0336. The van der Waals surface area contributed by atoms with Crippen molar-refractivity contribution in [3.8, 4) is 5.75 Å². The van der Waals surface area contributed by atoms with Crippen molar-refractivity contribution in [2.45, 2.75) is 32.4 Å². The number of nitrogens with one attached hydrogen (secondary N) is 1. The van der Waals surface area contributed by atoms with E-state index >= 15 is 0 Å². The van der Waals surface area contributed by atoms with Gasteiger partial charge in [0.2, 0.25) is 11.8 Å². The number of hydrogen-bond donors (Lipinski definition) is 1. The van der Waals surface area contributed by atoms with E-state index in [0.29, 0.717) is 18.0 Å². The van der Waals surface area contributed by atoms with E-state index in [4.69, 9.17) is 16.3 Å². The average Bonchev–Trinajstić information content (AvgIpc) is 2.85. The van der Waals surface area contributed by atoms with Gasteiger partial charge in [-0.15, -0.1) is 0 Å². The predicted molar refractivity (Wildman–Crippen MR) is 131 cm³/mol. The summed E-state index contributed by atoms with van der Waals surface area (Å²) in [6.45, 7) is 2.33. The summed E-state index contributed by atoms with van der Waals surface area (Å²) >= 11 is 5.95. The van der Waals surface area contributed by atoms with E-state index < -0.39 is 6.04 Å². The molecule has 5 nitrogen and oxygen atoms in total. The zero-order chi connectivity index (χ0) is 24.5. The van der Waals surface area contributed by atoms with Crippen molar-refractivity contribution in [2.75, 3.05) is 13.7 Å². The van der Waals surface area contributed by atoms with E-state index in [1.54, 1.807) is 50.4 Å². The second-order valence-corrected chi connectivity index (χ2v) is 8.45. The molecule has 0 saturated heterocycles. The monoisotopic (exact) mass is 482 g/mol. The maximum absolute atomic E-state index is 13.3. The Morgan fingerprint density at radius 3 is 2.15 bits per heavy atom. The van der Waals surface area contributed by atoms with Gasteiger partial charge in [-0.05, 0) is 66.4 Å². The van der Waals surface area contributed by atoms with Gasteiger partial charge < -0.3 is 15.0 Å². The Labute approximate surface area is 204 Å². The topological polar surface area (TPSA) is 58.6 Å². The van der Waals surface area contributed by atoms with Crippen LogP contribution in [0.2, 0.25) is 5.02 Å². The van der Waals surface area contributed by atoms with Gasteiger partial charge >= 0.3 is 0 Å². The minimum absolute atomic E-state index is 0.127. The summed E-state index contributed by atoms with van der Waals surface area (Å²) < 4.78 is 18.5. The Balaban J connectivity index is 1.66. The average molecular weight is 483 g/mol. The maximum Gasteiger partial charge on any atom is 0.242 e. The summed E-state index contributed by atoms with van der Waals surface area (Å²) in [5.41, 5.74) is 2.60. The van der Waals surface area contributed by atoms with E-state index in [0.717, 1.165) is 22.4 Å². The van der Waals surface area contributed by atoms with Crippen LogP contribution in [0.1, 0.15) is 23.6 Å². The van der Waals surface area contributed by atoms with Gasteiger partial charge in [0.05, 0.1) is 13.5 Å². The van der Waals surface area contributed by atoms with Crippen LogP contribution < -0.4 is 10.1 Å². The van der Waals surface area contributed by atoms with Gasteiger partial charge in [-0.1, -0.05) is 48.0 Å². The van der Waals surface area contributed by atoms with Gasteiger partial charge in [-0.25, -0.2) is 4.39 Å². The number of benzene rings is 3. The Bertz CT molecular complexity index is 1090. The van der Waals surface area contributed by atoms with Crippen molar-refractivity contribution in [3.05, 3.63) is 100 Å². The molecule has 0 bridgehead atoms. The van der Waals surface area contributed by atoms with Crippen molar-refractivity contribution in [1.29, 1.82) is 0 Å². The molecule has 0 aliphatic heterocycles. The van der Waals surface area contributed by atoms with Crippen molar-refractivity contribution in [2.24, 2.45) is 0 Å². The minimum Gasteiger partial charge on any atom is -0.497 e. The van der Waals surface area contributed by atoms with Crippen LogP contribution >= 0.6 is 11.6 Å². The van der Waals surface area contributed by atoms with E-state index in [1.165, 1.54) is 17.0 Å². The second kappa shape index (κ2) is 12.2. The van der Waals surface area contributed by atoms with Crippen LogP contribution in [0.25, 0.3) is 0 Å². The molecular formula is C27H28ClFN2O3. The maximum atomic E-state index is 13.3. The van der Waals surface area contributed by atoms with Crippen LogP contribution in [-0.4, -0.2) is 36.4 Å². The van der Waals surface area contributed by atoms with Gasteiger partial charge in [0, 0.05) is 18.1 Å². The Morgan fingerprint density at radius 2 is 1.53 bits per heavy atom. The molecule has 1 N–H and O–H groups in total. The molecule has 0 saturated carbocycles. The van der Waals surface area contributed by atoms with E-state index in [2.05, 4.69) is 5.32 Å². The highest BCUT2D eigenvalue weighted by Gasteiger charge is 2.26. The van der Waals surface area contributed by atoms with Crippen LogP contribution in [-0.2, 0) is 29.0 Å². The SMILES string of the molecule is COc1ccc(CCNC(=O)[C@H](C)N(Cc2ccc(F)cc2)C(=O)Cc2ccc(Cl)cc2)cc1. The van der Waals surface area contributed by atoms with Crippen LogP contribution in [0.4, 0.5) is 4.39 Å². The lowest BCUT2D eigenvalue weighted by Crippen LogP contribution is -2.48. The molecule has 0 radical (unpaired) electrons. The van der Waals surface area contributed by atoms with Crippen LogP contribution in [0.3, 0.4) is 0 Å². The fourth-order valence-corrected chi connectivity index (χ4v) is 3.64. The number of amides is 2. The molecule has 0 fully saturated rings. The Morgan fingerprint density at radius 1 is 0.941 bits per heavy atom. The number of halogens is 2. The highest BCUT2D eigenvalue weighted by atomic mass is 35.5. The van der Waals surface area contributed by atoms with Gasteiger partial charge in [-0.2, -0.15) is 0 Å². The third-order valence-corrected chi connectivity index (χ3v) is 5.83. The normalized spacial score (nSPS) is 11.5. The summed E-state index contributed by atoms with van der Waals surface area (Å²) in [4.78, 5) is 27.6. The lowest BCUT2D eigenvalue weighted by molar-refractivity contribution is -0.140. The van der Waals surface area contributed by atoms with Gasteiger partial charge in [0.1, 0.15) is 17.6 Å². The standard InChI is InChI=1S/C27H28ClFN2O3/c1-19(27(33)30-16-15-20-7-13-25(34-2)14-8-20)31(18-22-5-11-24(29)12-6-22)26(32)17-21-3-9-23(28)10-4-21/h3-14,19H,15-18H2,1-2H3,(H,30,33)/t19-/m0/s1. The molecule has 0 aliphatic rings. The smallest absolute Gasteiger partial charge is 0.242 e. The number of carbonyl (C=O) groups is 2. The quantitative estimate of drug-likeness (QED) is 0.451. The molecular weight excluding hydrogens is 455 g/mol. The highest BCUT2D eigenvalue weighted by molar-refractivity contribution is 6.30. The molecule has 178 valence electrons. The molecule has 2 amide bonds. The highest BCUT2D eigenvalue weighted by Crippen LogP contribution is 2.15. The van der Waals surface area contributed by atoms with Crippen LogP contribution in [0.5, 0.6) is 5.75 Å². The van der Waals surface area contributed by atoms with Crippen molar-refractivity contribution in [1.82, 2.24) is 10.2 Å². The van der Waals surface area contributed by atoms with Gasteiger partial charge in [-0.3, -0.25) is 9.59 Å². The minimum atomic E-state index is -0.708. The third kappa shape index (κ3) is 7.32. The number of rotatable bonds is 10. The van der Waals surface area contributed by atoms with E-state index in [9.17, 15) is 14.0 Å². The van der Waals surface area contributed by atoms with Crippen molar-refractivity contribution >= 4 is 23.4 Å². The number of hydrogen-bond acceptors (Lipinski definition) is 3.